The molecule has 0 bridgehead atoms. The second-order valence-electron chi connectivity index (χ2n) is 6.89. The number of rotatable bonds is 5. The number of ether oxygens (including phenoxy) is 1. The molecule has 1 amide bonds. The van der Waals surface area contributed by atoms with Crippen LogP contribution in [0.3, 0.4) is 0 Å². The summed E-state index contributed by atoms with van der Waals surface area (Å²) in [4.78, 5) is 30.9. The zero-order valence-corrected chi connectivity index (χ0v) is 16.2. The van der Waals surface area contributed by atoms with Crippen LogP contribution in [-0.2, 0) is 11.3 Å². The normalized spacial score (nSPS) is 16.6. The summed E-state index contributed by atoms with van der Waals surface area (Å²) in [6.45, 7) is 3.17. The summed E-state index contributed by atoms with van der Waals surface area (Å²) in [6.07, 6.45) is 3.45. The standard InChI is InChI=1S/C20H20FN3O3S/c1-12-16-19(28-17(12)18(25)22-9-15-6-3-7-27-15)23-11-24(20(16)26)10-13-4-2-5-14(21)8-13/h2,4-5,8,11,15H,3,6-7,9-10H2,1H3,(H,22,25). The number of carbonyl (C=O) groups is 1. The van der Waals surface area contributed by atoms with Crippen molar-refractivity contribution in [2.75, 3.05) is 13.2 Å². The molecule has 1 N–H and O–H groups in total. The van der Waals surface area contributed by atoms with Crippen LogP contribution in [0.1, 0.15) is 33.6 Å². The topological polar surface area (TPSA) is 73.2 Å². The van der Waals surface area contributed by atoms with Gasteiger partial charge in [-0.2, -0.15) is 0 Å². The molecule has 1 aliphatic heterocycles. The van der Waals surface area contributed by atoms with Gasteiger partial charge in [-0.3, -0.25) is 14.2 Å². The fourth-order valence-electron chi connectivity index (χ4n) is 3.41. The van der Waals surface area contributed by atoms with Crippen molar-refractivity contribution in [3.05, 3.63) is 62.8 Å². The van der Waals surface area contributed by atoms with Crippen molar-refractivity contribution in [2.45, 2.75) is 32.4 Å². The van der Waals surface area contributed by atoms with Crippen molar-refractivity contribution in [1.29, 1.82) is 0 Å². The number of halogens is 1. The van der Waals surface area contributed by atoms with Crippen molar-refractivity contribution in [3.8, 4) is 0 Å². The Kier molecular flexibility index (Phi) is 5.23. The third kappa shape index (κ3) is 3.70. The van der Waals surface area contributed by atoms with E-state index in [9.17, 15) is 14.0 Å². The van der Waals surface area contributed by atoms with Gasteiger partial charge in [-0.05, 0) is 43.0 Å². The van der Waals surface area contributed by atoms with E-state index in [-0.39, 0.29) is 29.9 Å². The molecule has 1 fully saturated rings. The first-order valence-corrected chi connectivity index (χ1v) is 9.97. The van der Waals surface area contributed by atoms with E-state index in [4.69, 9.17) is 4.74 Å². The Morgan fingerprint density at radius 2 is 2.32 bits per heavy atom. The molecule has 0 aliphatic carbocycles. The fourth-order valence-corrected chi connectivity index (χ4v) is 4.47. The largest absolute Gasteiger partial charge is 0.376 e. The first-order valence-electron chi connectivity index (χ1n) is 9.15. The molecule has 146 valence electrons. The zero-order chi connectivity index (χ0) is 19.7. The Morgan fingerprint density at radius 1 is 1.46 bits per heavy atom. The molecule has 0 spiro atoms. The lowest BCUT2D eigenvalue weighted by atomic mass is 10.2. The van der Waals surface area contributed by atoms with Gasteiger partial charge in [0.25, 0.3) is 11.5 Å². The quantitative estimate of drug-likeness (QED) is 0.714. The maximum atomic E-state index is 13.4. The van der Waals surface area contributed by atoms with Crippen molar-refractivity contribution < 1.29 is 13.9 Å². The summed E-state index contributed by atoms with van der Waals surface area (Å²) < 4.78 is 20.4. The SMILES string of the molecule is Cc1c(C(=O)NCC2CCCO2)sc2ncn(Cc3cccc(F)c3)c(=O)c12. The molecule has 3 heterocycles. The number of nitrogens with zero attached hydrogens (tertiary/aromatic N) is 2. The molecule has 1 atom stereocenters. The highest BCUT2D eigenvalue weighted by Gasteiger charge is 2.21. The van der Waals surface area contributed by atoms with Gasteiger partial charge in [0, 0.05) is 13.2 Å². The number of carbonyl (C=O) groups excluding carboxylic acids is 1. The first-order chi connectivity index (χ1) is 13.5. The van der Waals surface area contributed by atoms with Crippen LogP contribution in [0.15, 0.2) is 35.4 Å². The Hall–Kier alpha value is -2.58. The number of nitrogens with one attached hydrogen (secondary N) is 1. The van der Waals surface area contributed by atoms with Crippen molar-refractivity contribution in [1.82, 2.24) is 14.9 Å². The van der Waals surface area contributed by atoms with Gasteiger partial charge in [0.05, 0.1) is 29.2 Å². The molecule has 28 heavy (non-hydrogen) atoms. The van der Waals surface area contributed by atoms with Crippen molar-refractivity contribution in [3.63, 3.8) is 0 Å². The van der Waals surface area contributed by atoms with Gasteiger partial charge in [-0.25, -0.2) is 9.37 Å². The fraction of sp³-hybridized carbons (Fsp3) is 0.350. The van der Waals surface area contributed by atoms with Gasteiger partial charge in [0.2, 0.25) is 0 Å². The van der Waals surface area contributed by atoms with Crippen molar-refractivity contribution >= 4 is 27.5 Å². The second-order valence-corrected chi connectivity index (χ2v) is 7.89. The lowest BCUT2D eigenvalue weighted by Gasteiger charge is -2.10. The smallest absolute Gasteiger partial charge is 0.262 e. The zero-order valence-electron chi connectivity index (χ0n) is 15.4. The molecule has 3 aromatic rings. The van der Waals surface area contributed by atoms with Crippen LogP contribution in [0.4, 0.5) is 4.39 Å². The highest BCUT2D eigenvalue weighted by molar-refractivity contribution is 7.20. The number of benzene rings is 1. The van der Waals surface area contributed by atoms with Crippen LogP contribution in [0.2, 0.25) is 0 Å². The Balaban J connectivity index is 1.60. The van der Waals surface area contributed by atoms with Crippen LogP contribution in [0.5, 0.6) is 0 Å². The van der Waals surface area contributed by atoms with Crippen molar-refractivity contribution in [2.24, 2.45) is 0 Å². The van der Waals surface area contributed by atoms with E-state index >= 15 is 0 Å². The van der Waals surface area contributed by atoms with E-state index in [0.29, 0.717) is 32.8 Å². The predicted octanol–water partition coefficient (Wildman–Crippen LogP) is 2.86. The predicted molar refractivity (Wildman–Crippen MR) is 105 cm³/mol. The number of hydrogen-bond donors (Lipinski definition) is 1. The van der Waals surface area contributed by atoms with Gasteiger partial charge < -0.3 is 10.1 Å². The Morgan fingerprint density at radius 3 is 3.07 bits per heavy atom. The molecule has 0 saturated carbocycles. The van der Waals surface area contributed by atoms with Gasteiger partial charge in [-0.15, -0.1) is 11.3 Å². The second kappa shape index (κ2) is 7.81. The highest BCUT2D eigenvalue weighted by Crippen LogP contribution is 2.27. The molecule has 1 aromatic carbocycles. The molecule has 1 aliphatic rings. The van der Waals surface area contributed by atoms with Gasteiger partial charge in [-0.1, -0.05) is 12.1 Å². The van der Waals surface area contributed by atoms with Crippen LogP contribution in [0.25, 0.3) is 10.2 Å². The molecule has 8 heteroatoms. The molecule has 0 radical (unpaired) electrons. The summed E-state index contributed by atoms with van der Waals surface area (Å²) in [5, 5.41) is 3.33. The lowest BCUT2D eigenvalue weighted by Crippen LogP contribution is -2.31. The maximum absolute atomic E-state index is 13.4. The molecule has 1 saturated heterocycles. The minimum Gasteiger partial charge on any atom is -0.376 e. The van der Waals surface area contributed by atoms with E-state index in [1.807, 2.05) is 0 Å². The summed E-state index contributed by atoms with van der Waals surface area (Å²) in [5.74, 6) is -0.566. The molecular weight excluding hydrogens is 381 g/mol. The highest BCUT2D eigenvalue weighted by atomic mass is 32.1. The van der Waals surface area contributed by atoms with E-state index < -0.39 is 0 Å². The maximum Gasteiger partial charge on any atom is 0.262 e. The summed E-state index contributed by atoms with van der Waals surface area (Å²) in [7, 11) is 0. The average molecular weight is 401 g/mol. The van der Waals surface area contributed by atoms with Crippen LogP contribution in [0, 0.1) is 12.7 Å². The third-order valence-electron chi connectivity index (χ3n) is 4.88. The summed E-state index contributed by atoms with van der Waals surface area (Å²) in [5.41, 5.74) is 1.06. The average Bonchev–Trinajstić information content (AvgIpc) is 3.30. The van der Waals surface area contributed by atoms with Gasteiger partial charge in [0.15, 0.2) is 0 Å². The van der Waals surface area contributed by atoms with Crippen LogP contribution >= 0.6 is 11.3 Å². The number of fused-ring (bicyclic) bond motifs is 1. The lowest BCUT2D eigenvalue weighted by molar-refractivity contribution is 0.0860. The van der Waals surface area contributed by atoms with Crippen LogP contribution in [-0.4, -0.2) is 34.7 Å². The third-order valence-corrected chi connectivity index (χ3v) is 6.08. The number of aromatic nitrogens is 2. The summed E-state index contributed by atoms with van der Waals surface area (Å²) >= 11 is 1.21. The first kappa shape index (κ1) is 18.8. The van der Waals surface area contributed by atoms with E-state index in [0.717, 1.165) is 19.4 Å². The molecule has 6 nitrogen and oxygen atoms in total. The monoisotopic (exact) mass is 401 g/mol. The van der Waals surface area contributed by atoms with E-state index in [2.05, 4.69) is 10.3 Å². The number of amides is 1. The van der Waals surface area contributed by atoms with E-state index in [1.54, 1.807) is 19.1 Å². The molecule has 1 unspecified atom stereocenters. The molecule has 2 aromatic heterocycles. The Bertz CT molecular complexity index is 1090. The van der Waals surface area contributed by atoms with E-state index in [1.165, 1.54) is 34.4 Å². The number of thiophene rings is 1. The van der Waals surface area contributed by atoms with Crippen LogP contribution < -0.4 is 10.9 Å². The molecule has 4 rings (SSSR count). The minimum absolute atomic E-state index is 0.0558. The number of aryl methyl sites for hydroxylation is 1. The Labute approximate surface area is 165 Å². The molecular formula is C20H20FN3O3S. The minimum atomic E-state index is -0.350. The van der Waals surface area contributed by atoms with Gasteiger partial charge in [0.1, 0.15) is 10.6 Å². The summed E-state index contributed by atoms with van der Waals surface area (Å²) in [6, 6.07) is 6.11. The number of hydrogen-bond acceptors (Lipinski definition) is 5. The van der Waals surface area contributed by atoms with Gasteiger partial charge >= 0.3 is 0 Å².